The number of aromatic nitrogens is 2. The molecule has 0 fully saturated rings. The molecular formula is C15H18N4O2. The van der Waals surface area contributed by atoms with Gasteiger partial charge in [-0.2, -0.15) is 5.10 Å². The molecule has 2 amide bonds. The van der Waals surface area contributed by atoms with Gasteiger partial charge in [0.2, 0.25) is 0 Å². The van der Waals surface area contributed by atoms with E-state index in [2.05, 4.69) is 22.7 Å². The fourth-order valence-corrected chi connectivity index (χ4v) is 1.80. The maximum absolute atomic E-state index is 11.8. The second-order valence-electron chi connectivity index (χ2n) is 4.54. The van der Waals surface area contributed by atoms with E-state index >= 15 is 0 Å². The molecule has 0 aliphatic rings. The van der Waals surface area contributed by atoms with Gasteiger partial charge in [0.05, 0.1) is 11.9 Å². The number of rotatable bonds is 4. The van der Waals surface area contributed by atoms with E-state index in [1.807, 2.05) is 19.1 Å². The van der Waals surface area contributed by atoms with Gasteiger partial charge in [0.25, 0.3) is 0 Å². The minimum Gasteiger partial charge on any atom is -0.318 e. The average molecular weight is 286 g/mol. The largest absolute Gasteiger partial charge is 0.318 e. The molecule has 2 aromatic rings. The molecule has 2 rings (SSSR count). The number of aryl methyl sites for hydroxylation is 2. The molecular weight excluding hydrogens is 268 g/mol. The zero-order valence-corrected chi connectivity index (χ0v) is 12.1. The average Bonchev–Trinajstić information content (AvgIpc) is 2.95. The Labute approximate surface area is 123 Å². The first-order valence-electron chi connectivity index (χ1n) is 6.86. The number of nitrogens with zero attached hydrogens (tertiary/aromatic N) is 2. The lowest BCUT2D eigenvalue weighted by Gasteiger charge is -2.05. The Bertz CT molecular complexity index is 631. The van der Waals surface area contributed by atoms with Crippen LogP contribution in [0.25, 0.3) is 0 Å². The highest BCUT2D eigenvalue weighted by molar-refractivity contribution is 6.43. The van der Waals surface area contributed by atoms with Crippen molar-refractivity contribution in [3.05, 3.63) is 42.2 Å². The lowest BCUT2D eigenvalue weighted by molar-refractivity contribution is -0.132. The van der Waals surface area contributed by atoms with Gasteiger partial charge in [-0.15, -0.1) is 0 Å². The van der Waals surface area contributed by atoms with Gasteiger partial charge in [-0.3, -0.25) is 14.3 Å². The summed E-state index contributed by atoms with van der Waals surface area (Å²) in [5, 5.41) is 9.08. The summed E-state index contributed by atoms with van der Waals surface area (Å²) in [4.78, 5) is 23.6. The fourth-order valence-electron chi connectivity index (χ4n) is 1.80. The van der Waals surface area contributed by atoms with E-state index in [9.17, 15) is 9.59 Å². The van der Waals surface area contributed by atoms with Crippen LogP contribution in [0.1, 0.15) is 19.4 Å². The predicted octanol–water partition coefficient (Wildman–Crippen LogP) is 2.04. The minimum atomic E-state index is -0.717. The van der Waals surface area contributed by atoms with Crippen LogP contribution in [0.15, 0.2) is 36.7 Å². The van der Waals surface area contributed by atoms with E-state index in [-0.39, 0.29) is 0 Å². The molecule has 0 saturated heterocycles. The summed E-state index contributed by atoms with van der Waals surface area (Å²) < 4.78 is 1.66. The zero-order chi connectivity index (χ0) is 15.2. The molecule has 0 radical (unpaired) electrons. The van der Waals surface area contributed by atoms with E-state index in [0.717, 1.165) is 6.42 Å². The van der Waals surface area contributed by atoms with Gasteiger partial charge in [0.15, 0.2) is 0 Å². The maximum atomic E-state index is 11.8. The van der Waals surface area contributed by atoms with Crippen molar-refractivity contribution in [1.82, 2.24) is 9.78 Å². The normalized spacial score (nSPS) is 10.2. The van der Waals surface area contributed by atoms with Crippen LogP contribution >= 0.6 is 0 Å². The molecule has 1 aromatic carbocycles. The first-order valence-corrected chi connectivity index (χ1v) is 6.86. The summed E-state index contributed by atoms with van der Waals surface area (Å²) in [5.74, 6) is -1.42. The van der Waals surface area contributed by atoms with E-state index in [1.165, 1.54) is 11.8 Å². The first kappa shape index (κ1) is 14.8. The van der Waals surface area contributed by atoms with Crippen molar-refractivity contribution in [1.29, 1.82) is 0 Å². The monoisotopic (exact) mass is 286 g/mol. The Balaban J connectivity index is 1.93. The van der Waals surface area contributed by atoms with E-state index in [0.29, 0.717) is 17.9 Å². The van der Waals surface area contributed by atoms with Gasteiger partial charge >= 0.3 is 11.8 Å². The van der Waals surface area contributed by atoms with Crippen LogP contribution in [0, 0.1) is 0 Å². The number of carbonyl (C=O) groups excluding carboxylic acids is 2. The highest BCUT2D eigenvalue weighted by Gasteiger charge is 2.14. The van der Waals surface area contributed by atoms with Gasteiger partial charge in [0.1, 0.15) is 0 Å². The van der Waals surface area contributed by atoms with Crippen LogP contribution in [0.2, 0.25) is 0 Å². The van der Waals surface area contributed by atoms with E-state index in [1.54, 1.807) is 23.0 Å². The molecule has 0 aliphatic carbocycles. The number of carbonyl (C=O) groups is 2. The number of benzene rings is 1. The molecule has 6 nitrogen and oxygen atoms in total. The van der Waals surface area contributed by atoms with Crippen molar-refractivity contribution >= 4 is 23.2 Å². The summed E-state index contributed by atoms with van der Waals surface area (Å²) in [5.41, 5.74) is 2.26. The molecule has 0 spiro atoms. The molecule has 0 aliphatic heterocycles. The number of anilines is 2. The number of hydrogen-bond acceptors (Lipinski definition) is 3. The minimum absolute atomic E-state index is 0.498. The Hall–Kier alpha value is -2.63. The fraction of sp³-hybridized carbons (Fsp3) is 0.267. The number of nitrogens with one attached hydrogen (secondary N) is 2. The van der Waals surface area contributed by atoms with Crippen molar-refractivity contribution in [2.24, 2.45) is 0 Å². The van der Waals surface area contributed by atoms with Crippen LogP contribution < -0.4 is 10.6 Å². The number of hydrogen-bond donors (Lipinski definition) is 2. The molecule has 2 N–H and O–H groups in total. The molecule has 21 heavy (non-hydrogen) atoms. The Kier molecular flexibility index (Phi) is 4.71. The maximum Gasteiger partial charge on any atom is 0.314 e. The van der Waals surface area contributed by atoms with Gasteiger partial charge < -0.3 is 10.6 Å². The van der Waals surface area contributed by atoms with Crippen molar-refractivity contribution in [2.75, 3.05) is 10.6 Å². The quantitative estimate of drug-likeness (QED) is 0.844. The van der Waals surface area contributed by atoms with Gasteiger partial charge in [0, 0.05) is 18.4 Å². The summed E-state index contributed by atoms with van der Waals surface area (Å²) in [6.45, 7) is 4.69. The third-order valence-electron chi connectivity index (χ3n) is 3.04. The molecule has 0 saturated carbocycles. The van der Waals surface area contributed by atoms with Crippen molar-refractivity contribution in [2.45, 2.75) is 26.8 Å². The van der Waals surface area contributed by atoms with Crippen molar-refractivity contribution < 1.29 is 9.59 Å². The van der Waals surface area contributed by atoms with Crippen LogP contribution in [-0.4, -0.2) is 21.6 Å². The Morgan fingerprint density at radius 2 is 1.67 bits per heavy atom. The molecule has 6 heteroatoms. The lowest BCUT2D eigenvalue weighted by atomic mass is 10.1. The zero-order valence-electron chi connectivity index (χ0n) is 12.1. The molecule has 110 valence electrons. The Morgan fingerprint density at radius 3 is 2.19 bits per heavy atom. The van der Waals surface area contributed by atoms with Crippen LogP contribution in [0.5, 0.6) is 0 Å². The molecule has 0 unspecified atom stereocenters. The first-order chi connectivity index (χ1) is 10.1. The topological polar surface area (TPSA) is 76.0 Å². The van der Waals surface area contributed by atoms with Crippen molar-refractivity contribution in [3.63, 3.8) is 0 Å². The van der Waals surface area contributed by atoms with Gasteiger partial charge in [-0.05, 0) is 31.0 Å². The van der Waals surface area contributed by atoms with Gasteiger partial charge in [-0.25, -0.2) is 0 Å². The molecule has 0 atom stereocenters. The highest BCUT2D eigenvalue weighted by atomic mass is 16.2. The van der Waals surface area contributed by atoms with E-state index in [4.69, 9.17) is 0 Å². The summed E-state index contributed by atoms with van der Waals surface area (Å²) in [6, 6.07) is 7.38. The third-order valence-corrected chi connectivity index (χ3v) is 3.04. The van der Waals surface area contributed by atoms with Crippen LogP contribution in [-0.2, 0) is 22.6 Å². The molecule has 0 bridgehead atoms. The van der Waals surface area contributed by atoms with Crippen LogP contribution in [0.4, 0.5) is 11.4 Å². The second-order valence-corrected chi connectivity index (χ2v) is 4.54. The standard InChI is InChI=1S/C15H18N4O2/c1-3-11-5-7-12(8-6-11)17-14(20)15(21)18-13-9-16-19(4-2)10-13/h5-10H,3-4H2,1-2H3,(H,17,20)(H,18,21). The summed E-state index contributed by atoms with van der Waals surface area (Å²) in [7, 11) is 0. The molecule has 1 aromatic heterocycles. The van der Waals surface area contributed by atoms with Gasteiger partial charge in [-0.1, -0.05) is 19.1 Å². The highest BCUT2D eigenvalue weighted by Crippen LogP contribution is 2.10. The second kappa shape index (κ2) is 6.69. The summed E-state index contributed by atoms with van der Waals surface area (Å²) >= 11 is 0. The third kappa shape index (κ3) is 3.92. The van der Waals surface area contributed by atoms with Crippen molar-refractivity contribution in [3.8, 4) is 0 Å². The molecule has 1 heterocycles. The smallest absolute Gasteiger partial charge is 0.314 e. The van der Waals surface area contributed by atoms with Crippen LogP contribution in [0.3, 0.4) is 0 Å². The lowest BCUT2D eigenvalue weighted by Crippen LogP contribution is -2.28. The Morgan fingerprint density at radius 1 is 1.05 bits per heavy atom. The number of amides is 2. The SMILES string of the molecule is CCc1ccc(NC(=O)C(=O)Nc2cnn(CC)c2)cc1. The van der Waals surface area contributed by atoms with E-state index < -0.39 is 11.8 Å². The summed E-state index contributed by atoms with van der Waals surface area (Å²) in [6.07, 6.45) is 4.10. The predicted molar refractivity (Wildman–Crippen MR) is 81.0 cm³/mol.